The van der Waals surface area contributed by atoms with Crippen molar-refractivity contribution in [3.63, 3.8) is 0 Å². The average Bonchev–Trinajstić information content (AvgIpc) is 2.66. The van der Waals surface area contributed by atoms with Crippen LogP contribution in [0.1, 0.15) is 18.9 Å². The Hall–Kier alpha value is -2.35. The van der Waals surface area contributed by atoms with Gasteiger partial charge in [0.1, 0.15) is 5.25 Å². The highest BCUT2D eigenvalue weighted by Gasteiger charge is 2.30. The van der Waals surface area contributed by atoms with E-state index in [1.165, 1.54) is 0 Å². The van der Waals surface area contributed by atoms with Crippen molar-refractivity contribution >= 4 is 63.3 Å². The Balaban J connectivity index is 1.70. The molecule has 1 heterocycles. The van der Waals surface area contributed by atoms with Crippen molar-refractivity contribution in [1.82, 2.24) is 5.32 Å². The second kappa shape index (κ2) is 9.23. The first kappa shape index (κ1) is 20.4. The number of anilines is 1. The maximum absolute atomic E-state index is 12.5. The Morgan fingerprint density at radius 1 is 1.18 bits per heavy atom. The zero-order valence-corrected chi connectivity index (χ0v) is 17.1. The molecular formula is C19H16Cl2N4O2S. The highest BCUT2D eigenvalue weighted by molar-refractivity contribution is 8.15. The van der Waals surface area contributed by atoms with Crippen LogP contribution in [0.3, 0.4) is 0 Å². The monoisotopic (exact) mass is 434 g/mol. The summed E-state index contributed by atoms with van der Waals surface area (Å²) in [7, 11) is 0. The van der Waals surface area contributed by atoms with Gasteiger partial charge in [0.2, 0.25) is 11.8 Å². The highest BCUT2D eigenvalue weighted by Crippen LogP contribution is 2.23. The van der Waals surface area contributed by atoms with Crippen LogP contribution < -0.4 is 10.6 Å². The van der Waals surface area contributed by atoms with E-state index < -0.39 is 5.25 Å². The standard InChI is InChI=1S/C19H16Cl2N4O2S/c1-11(12-5-7-13(20)8-6-12)24-25-19-23-17(26)10-16(28-19)18(27)22-15-4-2-3-14(21)9-15/h2-9,16H,10H2,1H3,(H,22,27)(H,23,25,26)/b24-11+/t16-/m1/s1. The van der Waals surface area contributed by atoms with Crippen LogP contribution >= 0.6 is 35.0 Å². The molecule has 144 valence electrons. The van der Waals surface area contributed by atoms with E-state index in [0.717, 1.165) is 17.3 Å². The topological polar surface area (TPSA) is 82.9 Å². The molecule has 1 aliphatic rings. The van der Waals surface area contributed by atoms with Crippen LogP contribution in [0, 0.1) is 0 Å². The molecule has 2 N–H and O–H groups in total. The second-order valence-corrected chi connectivity index (χ2v) is 8.02. The van der Waals surface area contributed by atoms with E-state index in [4.69, 9.17) is 23.2 Å². The molecule has 0 aliphatic carbocycles. The quantitative estimate of drug-likeness (QED) is 0.554. The van der Waals surface area contributed by atoms with Crippen LogP contribution in [0.5, 0.6) is 0 Å². The van der Waals surface area contributed by atoms with Crippen molar-refractivity contribution < 1.29 is 9.59 Å². The van der Waals surface area contributed by atoms with Crippen molar-refractivity contribution in [3.05, 3.63) is 64.1 Å². The van der Waals surface area contributed by atoms with Gasteiger partial charge in [0.05, 0.1) is 5.71 Å². The Morgan fingerprint density at radius 2 is 1.93 bits per heavy atom. The lowest BCUT2D eigenvalue weighted by Gasteiger charge is -2.21. The zero-order valence-electron chi connectivity index (χ0n) is 14.8. The molecule has 2 aromatic rings. The summed E-state index contributed by atoms with van der Waals surface area (Å²) in [5.74, 6) is -0.587. The number of carbonyl (C=O) groups is 2. The highest BCUT2D eigenvalue weighted by atomic mass is 35.5. The number of carbonyl (C=O) groups excluding carboxylic acids is 2. The minimum Gasteiger partial charge on any atom is -0.325 e. The maximum Gasteiger partial charge on any atom is 0.238 e. The number of amides is 2. The summed E-state index contributed by atoms with van der Waals surface area (Å²) >= 11 is 13.0. The third-order valence-electron chi connectivity index (χ3n) is 3.81. The molecule has 1 saturated heterocycles. The lowest BCUT2D eigenvalue weighted by atomic mass is 10.1. The number of rotatable bonds is 4. The van der Waals surface area contributed by atoms with Crippen LogP contribution in [0.25, 0.3) is 0 Å². The van der Waals surface area contributed by atoms with Crippen LogP contribution in [0.4, 0.5) is 5.69 Å². The molecule has 0 aromatic heterocycles. The molecule has 2 amide bonds. The zero-order chi connectivity index (χ0) is 20.1. The first-order valence-electron chi connectivity index (χ1n) is 8.32. The molecule has 2 aromatic carbocycles. The predicted molar refractivity (Wildman–Crippen MR) is 115 cm³/mol. The molecule has 9 heteroatoms. The van der Waals surface area contributed by atoms with Gasteiger partial charge >= 0.3 is 0 Å². The summed E-state index contributed by atoms with van der Waals surface area (Å²) in [4.78, 5) is 24.5. The number of thioether (sulfide) groups is 1. The van der Waals surface area contributed by atoms with Crippen LogP contribution in [0.2, 0.25) is 10.0 Å². The average molecular weight is 435 g/mol. The van der Waals surface area contributed by atoms with Gasteiger partial charge in [-0.1, -0.05) is 53.2 Å². The molecule has 1 atom stereocenters. The van der Waals surface area contributed by atoms with Crippen molar-refractivity contribution in [2.24, 2.45) is 10.2 Å². The van der Waals surface area contributed by atoms with E-state index in [9.17, 15) is 9.59 Å². The molecule has 0 bridgehead atoms. The molecule has 0 unspecified atom stereocenters. The normalized spacial score (nSPS) is 18.7. The smallest absolute Gasteiger partial charge is 0.238 e. The number of hydrogen-bond donors (Lipinski definition) is 2. The van der Waals surface area contributed by atoms with Crippen molar-refractivity contribution in [2.75, 3.05) is 5.32 Å². The Kier molecular flexibility index (Phi) is 6.72. The van der Waals surface area contributed by atoms with E-state index in [0.29, 0.717) is 21.4 Å². The van der Waals surface area contributed by atoms with E-state index >= 15 is 0 Å². The number of amidine groups is 1. The van der Waals surface area contributed by atoms with E-state index in [1.54, 1.807) is 43.3 Å². The second-order valence-electron chi connectivity index (χ2n) is 5.96. The molecular weight excluding hydrogens is 419 g/mol. The van der Waals surface area contributed by atoms with Crippen LogP contribution in [0.15, 0.2) is 58.7 Å². The summed E-state index contributed by atoms with van der Waals surface area (Å²) in [6, 6.07) is 14.0. The fourth-order valence-corrected chi connectivity index (χ4v) is 3.64. The van der Waals surface area contributed by atoms with Crippen molar-refractivity contribution in [1.29, 1.82) is 0 Å². The van der Waals surface area contributed by atoms with Gasteiger partial charge in [-0.3, -0.25) is 9.59 Å². The van der Waals surface area contributed by atoms with Crippen LogP contribution in [-0.2, 0) is 9.59 Å². The number of benzene rings is 2. The molecule has 3 rings (SSSR count). The number of halogens is 2. The SMILES string of the molecule is C/C(=N\N=C1/NC(=O)C[C@H](C(=O)Nc2cccc(Cl)c2)S1)c1ccc(Cl)cc1. The Bertz CT molecular complexity index is 961. The molecule has 1 fully saturated rings. The number of nitrogens with one attached hydrogen (secondary N) is 2. The number of hydrogen-bond acceptors (Lipinski definition) is 5. The summed E-state index contributed by atoms with van der Waals surface area (Å²) in [5.41, 5.74) is 2.08. The van der Waals surface area contributed by atoms with Gasteiger partial charge in [0.25, 0.3) is 0 Å². The largest absolute Gasteiger partial charge is 0.325 e. The summed E-state index contributed by atoms with van der Waals surface area (Å²) in [6.45, 7) is 1.80. The van der Waals surface area contributed by atoms with Gasteiger partial charge in [-0.15, -0.1) is 5.10 Å². The van der Waals surface area contributed by atoms with Gasteiger partial charge in [-0.05, 0) is 42.8 Å². The molecule has 0 saturated carbocycles. The summed E-state index contributed by atoms with van der Waals surface area (Å²) in [5, 5.41) is 14.4. The third kappa shape index (κ3) is 5.58. The van der Waals surface area contributed by atoms with E-state index in [1.807, 2.05) is 12.1 Å². The third-order valence-corrected chi connectivity index (χ3v) is 5.37. The van der Waals surface area contributed by atoms with Gasteiger partial charge in [0.15, 0.2) is 5.17 Å². The molecule has 28 heavy (non-hydrogen) atoms. The van der Waals surface area contributed by atoms with Crippen LogP contribution in [-0.4, -0.2) is 27.9 Å². The Morgan fingerprint density at radius 3 is 2.64 bits per heavy atom. The number of nitrogens with zero attached hydrogens (tertiary/aromatic N) is 2. The lowest BCUT2D eigenvalue weighted by Crippen LogP contribution is -2.41. The van der Waals surface area contributed by atoms with Gasteiger partial charge in [-0.25, -0.2) is 0 Å². The minimum absolute atomic E-state index is 0.0516. The van der Waals surface area contributed by atoms with Crippen molar-refractivity contribution in [2.45, 2.75) is 18.6 Å². The van der Waals surface area contributed by atoms with Crippen molar-refractivity contribution in [3.8, 4) is 0 Å². The lowest BCUT2D eigenvalue weighted by molar-refractivity contribution is -0.123. The molecule has 0 spiro atoms. The molecule has 0 radical (unpaired) electrons. The Labute approximate surface area is 176 Å². The van der Waals surface area contributed by atoms with E-state index in [-0.39, 0.29) is 23.4 Å². The fraction of sp³-hybridized carbons (Fsp3) is 0.158. The minimum atomic E-state index is -0.613. The fourth-order valence-electron chi connectivity index (χ4n) is 2.40. The van der Waals surface area contributed by atoms with Gasteiger partial charge < -0.3 is 10.6 Å². The predicted octanol–water partition coefficient (Wildman–Crippen LogP) is 4.33. The first-order valence-corrected chi connectivity index (χ1v) is 9.95. The van der Waals surface area contributed by atoms with Gasteiger partial charge in [0, 0.05) is 22.2 Å². The first-order chi connectivity index (χ1) is 13.4. The molecule has 6 nitrogen and oxygen atoms in total. The van der Waals surface area contributed by atoms with Gasteiger partial charge in [-0.2, -0.15) is 5.10 Å². The van der Waals surface area contributed by atoms with E-state index in [2.05, 4.69) is 20.8 Å². The maximum atomic E-state index is 12.5. The molecule has 1 aliphatic heterocycles. The summed E-state index contributed by atoms with van der Waals surface area (Å²) < 4.78 is 0. The summed E-state index contributed by atoms with van der Waals surface area (Å²) in [6.07, 6.45) is 0.0516.